The zero-order valence-electron chi connectivity index (χ0n) is 17.2. The Morgan fingerprint density at radius 2 is 1.82 bits per heavy atom. The van der Waals surface area contributed by atoms with Gasteiger partial charge in [0.05, 0.1) is 31.4 Å². The molecular formula is C23H29N3O2. The van der Waals surface area contributed by atoms with E-state index in [1.165, 1.54) is 0 Å². The molecule has 2 aromatic carbocycles. The second-order valence-electron chi connectivity index (χ2n) is 6.96. The number of imidazole rings is 1. The van der Waals surface area contributed by atoms with Crippen LogP contribution in [0.5, 0.6) is 5.75 Å². The minimum absolute atomic E-state index is 0.662. The first kappa shape index (κ1) is 20.1. The van der Waals surface area contributed by atoms with E-state index in [0.717, 1.165) is 46.9 Å². The largest absolute Gasteiger partial charge is 0.496 e. The van der Waals surface area contributed by atoms with E-state index >= 15 is 0 Å². The number of rotatable bonds is 9. The van der Waals surface area contributed by atoms with Gasteiger partial charge in [-0.25, -0.2) is 4.98 Å². The summed E-state index contributed by atoms with van der Waals surface area (Å²) in [7, 11) is 5.84. The first-order chi connectivity index (χ1) is 13.6. The molecule has 0 radical (unpaired) electrons. The minimum atomic E-state index is 0.662. The highest BCUT2D eigenvalue weighted by atomic mass is 16.5. The molecule has 5 heteroatoms. The Hall–Kier alpha value is -2.63. The van der Waals surface area contributed by atoms with Crippen molar-refractivity contribution in [3.8, 4) is 28.3 Å². The predicted octanol–water partition coefficient (Wildman–Crippen LogP) is 4.32. The number of ether oxygens (including phenoxy) is 2. The van der Waals surface area contributed by atoms with Gasteiger partial charge in [-0.3, -0.25) is 0 Å². The highest BCUT2D eigenvalue weighted by Gasteiger charge is 2.17. The molecule has 0 atom stereocenters. The van der Waals surface area contributed by atoms with Crippen molar-refractivity contribution in [3.63, 3.8) is 0 Å². The lowest BCUT2D eigenvalue weighted by molar-refractivity contribution is 0.139. The van der Waals surface area contributed by atoms with Crippen molar-refractivity contribution in [2.75, 3.05) is 34.4 Å². The smallest absolute Gasteiger partial charge is 0.123 e. The molecule has 5 nitrogen and oxygen atoms in total. The van der Waals surface area contributed by atoms with Gasteiger partial charge in [0, 0.05) is 36.4 Å². The standard InChI is InChI=1S/C23H29N3O2/c1-5-28-14-13-26-17-24-22(18-9-7-6-8-10-18)23(26)19-11-12-21(27-4)20(15-19)16-25(2)3/h6-12,15,17H,5,13-14,16H2,1-4H3. The van der Waals surface area contributed by atoms with Gasteiger partial charge in [0.1, 0.15) is 5.75 Å². The van der Waals surface area contributed by atoms with Crippen LogP contribution < -0.4 is 4.74 Å². The zero-order chi connectivity index (χ0) is 19.9. The van der Waals surface area contributed by atoms with Gasteiger partial charge in [0.25, 0.3) is 0 Å². The van der Waals surface area contributed by atoms with E-state index in [0.29, 0.717) is 13.2 Å². The van der Waals surface area contributed by atoms with Crippen molar-refractivity contribution in [3.05, 3.63) is 60.4 Å². The van der Waals surface area contributed by atoms with Crippen LogP contribution in [0.1, 0.15) is 12.5 Å². The molecule has 1 heterocycles. The average molecular weight is 380 g/mol. The van der Waals surface area contributed by atoms with E-state index in [9.17, 15) is 0 Å². The number of hydrogen-bond acceptors (Lipinski definition) is 4. The monoisotopic (exact) mass is 379 g/mol. The molecule has 3 aromatic rings. The second-order valence-corrected chi connectivity index (χ2v) is 6.96. The summed E-state index contributed by atoms with van der Waals surface area (Å²) in [6, 6.07) is 16.7. The third kappa shape index (κ3) is 4.61. The molecule has 0 saturated carbocycles. The topological polar surface area (TPSA) is 39.5 Å². The quantitative estimate of drug-likeness (QED) is 0.519. The highest BCUT2D eigenvalue weighted by molar-refractivity contribution is 5.79. The Morgan fingerprint density at radius 3 is 2.50 bits per heavy atom. The summed E-state index contributed by atoms with van der Waals surface area (Å²) in [6.45, 7) is 4.96. The fourth-order valence-corrected chi connectivity index (χ4v) is 3.36. The van der Waals surface area contributed by atoms with Crippen molar-refractivity contribution in [2.24, 2.45) is 0 Å². The van der Waals surface area contributed by atoms with Gasteiger partial charge in [0.15, 0.2) is 0 Å². The van der Waals surface area contributed by atoms with Crippen LogP contribution >= 0.6 is 0 Å². The fraction of sp³-hybridized carbons (Fsp3) is 0.348. The SMILES string of the molecule is CCOCCn1cnc(-c2ccccc2)c1-c1ccc(OC)c(CN(C)C)c1. The number of benzene rings is 2. The van der Waals surface area contributed by atoms with Crippen LogP contribution in [0, 0.1) is 0 Å². The van der Waals surface area contributed by atoms with Gasteiger partial charge < -0.3 is 18.9 Å². The number of nitrogens with zero attached hydrogens (tertiary/aromatic N) is 3. The van der Waals surface area contributed by atoms with Crippen LogP contribution in [0.15, 0.2) is 54.9 Å². The molecule has 0 aliphatic heterocycles. The number of aromatic nitrogens is 2. The van der Waals surface area contributed by atoms with Crippen molar-refractivity contribution < 1.29 is 9.47 Å². The molecule has 0 amide bonds. The van der Waals surface area contributed by atoms with Gasteiger partial charge >= 0.3 is 0 Å². The highest BCUT2D eigenvalue weighted by Crippen LogP contribution is 2.34. The third-order valence-electron chi connectivity index (χ3n) is 4.61. The van der Waals surface area contributed by atoms with Gasteiger partial charge in [0.2, 0.25) is 0 Å². The lowest BCUT2D eigenvalue weighted by atomic mass is 10.0. The zero-order valence-corrected chi connectivity index (χ0v) is 17.2. The van der Waals surface area contributed by atoms with Crippen LogP contribution in [-0.4, -0.2) is 48.9 Å². The number of methoxy groups -OCH3 is 1. The summed E-state index contributed by atoms with van der Waals surface area (Å²) in [5, 5.41) is 0. The predicted molar refractivity (Wildman–Crippen MR) is 114 cm³/mol. The molecule has 1 aromatic heterocycles. The van der Waals surface area contributed by atoms with E-state index in [2.05, 4.69) is 47.8 Å². The second kappa shape index (κ2) is 9.53. The molecule has 0 aliphatic carbocycles. The van der Waals surface area contributed by atoms with Crippen LogP contribution in [-0.2, 0) is 17.8 Å². The molecule has 0 bridgehead atoms. The van der Waals surface area contributed by atoms with Crippen molar-refractivity contribution >= 4 is 0 Å². The van der Waals surface area contributed by atoms with Crippen molar-refractivity contribution in [2.45, 2.75) is 20.0 Å². The average Bonchev–Trinajstić information content (AvgIpc) is 3.12. The maximum Gasteiger partial charge on any atom is 0.123 e. The molecule has 0 unspecified atom stereocenters. The number of hydrogen-bond donors (Lipinski definition) is 0. The Labute approximate surface area is 167 Å². The third-order valence-corrected chi connectivity index (χ3v) is 4.61. The Morgan fingerprint density at radius 1 is 1.04 bits per heavy atom. The molecule has 148 valence electrons. The summed E-state index contributed by atoms with van der Waals surface area (Å²) >= 11 is 0. The molecule has 0 aliphatic rings. The molecule has 0 N–H and O–H groups in total. The summed E-state index contributed by atoms with van der Waals surface area (Å²) < 4.78 is 13.3. The summed E-state index contributed by atoms with van der Waals surface area (Å²) in [6.07, 6.45) is 1.91. The van der Waals surface area contributed by atoms with Gasteiger partial charge in [-0.05, 0) is 39.2 Å². The van der Waals surface area contributed by atoms with E-state index in [1.807, 2.05) is 37.5 Å². The molecule has 28 heavy (non-hydrogen) atoms. The lowest BCUT2D eigenvalue weighted by Crippen LogP contribution is -2.12. The normalized spacial score (nSPS) is 11.2. The maximum absolute atomic E-state index is 5.58. The Balaban J connectivity index is 2.09. The van der Waals surface area contributed by atoms with Gasteiger partial charge in [-0.1, -0.05) is 30.3 Å². The van der Waals surface area contributed by atoms with E-state index in [4.69, 9.17) is 14.5 Å². The van der Waals surface area contributed by atoms with Crippen LogP contribution in [0.4, 0.5) is 0 Å². The first-order valence-electron chi connectivity index (χ1n) is 9.64. The van der Waals surface area contributed by atoms with Crippen LogP contribution in [0.2, 0.25) is 0 Å². The van der Waals surface area contributed by atoms with Gasteiger partial charge in [-0.15, -0.1) is 0 Å². The summed E-state index contributed by atoms with van der Waals surface area (Å²) in [5.74, 6) is 0.902. The molecular weight excluding hydrogens is 350 g/mol. The van der Waals surface area contributed by atoms with Crippen molar-refractivity contribution in [1.29, 1.82) is 0 Å². The van der Waals surface area contributed by atoms with E-state index in [-0.39, 0.29) is 0 Å². The van der Waals surface area contributed by atoms with Crippen LogP contribution in [0.25, 0.3) is 22.5 Å². The Bertz CT molecular complexity index is 888. The lowest BCUT2D eigenvalue weighted by Gasteiger charge is -2.16. The van der Waals surface area contributed by atoms with Crippen molar-refractivity contribution in [1.82, 2.24) is 14.5 Å². The van der Waals surface area contributed by atoms with E-state index < -0.39 is 0 Å². The maximum atomic E-state index is 5.58. The van der Waals surface area contributed by atoms with Gasteiger partial charge in [-0.2, -0.15) is 0 Å². The van der Waals surface area contributed by atoms with E-state index in [1.54, 1.807) is 7.11 Å². The summed E-state index contributed by atoms with van der Waals surface area (Å²) in [5.41, 5.74) is 5.48. The molecule has 3 rings (SSSR count). The molecule has 0 fully saturated rings. The fourth-order valence-electron chi connectivity index (χ4n) is 3.36. The minimum Gasteiger partial charge on any atom is -0.496 e. The first-order valence-corrected chi connectivity index (χ1v) is 9.64. The van der Waals surface area contributed by atoms with Crippen LogP contribution in [0.3, 0.4) is 0 Å². The summed E-state index contributed by atoms with van der Waals surface area (Å²) in [4.78, 5) is 6.89. The molecule has 0 spiro atoms. The molecule has 0 saturated heterocycles. The Kier molecular flexibility index (Phi) is 6.85.